The number of nitrogens with one attached hydrogen (secondary N) is 1. The lowest BCUT2D eigenvalue weighted by Gasteiger charge is -2.19. The molecular weight excluding hydrogens is 184 g/mol. The first-order chi connectivity index (χ1) is 4.95. The zero-order chi connectivity index (χ0) is 9.02. The first-order valence-electron chi connectivity index (χ1n) is 3.15. The third-order valence-electron chi connectivity index (χ3n) is 1.31. The second-order valence-corrected chi connectivity index (χ2v) is 2.42. The van der Waals surface area contributed by atoms with Crippen molar-refractivity contribution in [2.45, 2.75) is 13.1 Å². The standard InChI is InChI=1S/C6H12N2O3.ClH/c1-4(8(2)3)7-5(9)6(10)11;/h4H,1-3H3,(H,7,9)(H,10,11);1H. The summed E-state index contributed by atoms with van der Waals surface area (Å²) in [6, 6.07) is 0. The molecule has 0 aliphatic heterocycles. The van der Waals surface area contributed by atoms with Gasteiger partial charge >= 0.3 is 11.9 Å². The number of hydrogen-bond donors (Lipinski definition) is 2. The first-order valence-corrected chi connectivity index (χ1v) is 3.15. The number of carboxylic acids is 1. The third-order valence-corrected chi connectivity index (χ3v) is 1.31. The molecule has 1 unspecified atom stereocenters. The van der Waals surface area contributed by atoms with Crippen molar-refractivity contribution in [1.29, 1.82) is 0 Å². The molecule has 6 heteroatoms. The maximum atomic E-state index is 10.5. The van der Waals surface area contributed by atoms with Crippen LogP contribution in [0.15, 0.2) is 0 Å². The van der Waals surface area contributed by atoms with E-state index < -0.39 is 11.9 Å². The lowest BCUT2D eigenvalue weighted by Crippen LogP contribution is -2.45. The lowest BCUT2D eigenvalue weighted by atomic mass is 10.5. The summed E-state index contributed by atoms with van der Waals surface area (Å²) in [7, 11) is 3.49. The number of rotatable bonds is 2. The van der Waals surface area contributed by atoms with Crippen LogP contribution < -0.4 is 5.32 Å². The smallest absolute Gasteiger partial charge is 0.394 e. The monoisotopic (exact) mass is 196 g/mol. The molecule has 0 radical (unpaired) electrons. The zero-order valence-electron chi connectivity index (χ0n) is 7.20. The summed E-state index contributed by atoms with van der Waals surface area (Å²) >= 11 is 0. The van der Waals surface area contributed by atoms with Gasteiger partial charge in [0.05, 0.1) is 6.17 Å². The van der Waals surface area contributed by atoms with Gasteiger partial charge in [0.15, 0.2) is 0 Å². The minimum Gasteiger partial charge on any atom is -0.474 e. The van der Waals surface area contributed by atoms with E-state index in [-0.39, 0.29) is 18.6 Å². The molecule has 0 aliphatic carbocycles. The van der Waals surface area contributed by atoms with E-state index >= 15 is 0 Å². The van der Waals surface area contributed by atoms with Gasteiger partial charge in [-0.05, 0) is 21.0 Å². The highest BCUT2D eigenvalue weighted by atomic mass is 35.5. The van der Waals surface area contributed by atoms with Crippen LogP contribution in [0.4, 0.5) is 0 Å². The third kappa shape index (κ3) is 4.92. The molecule has 0 saturated carbocycles. The minimum absolute atomic E-state index is 0. The van der Waals surface area contributed by atoms with Crippen LogP contribution in [0.25, 0.3) is 0 Å². The Morgan fingerprint density at radius 2 is 1.83 bits per heavy atom. The highest BCUT2D eigenvalue weighted by Gasteiger charge is 2.14. The van der Waals surface area contributed by atoms with Gasteiger partial charge in [-0.1, -0.05) is 0 Å². The minimum atomic E-state index is -1.46. The zero-order valence-corrected chi connectivity index (χ0v) is 8.01. The number of halogens is 1. The van der Waals surface area contributed by atoms with Crippen LogP contribution in [0.3, 0.4) is 0 Å². The number of carbonyl (C=O) groups is 2. The van der Waals surface area contributed by atoms with Crippen molar-refractivity contribution in [3.05, 3.63) is 0 Å². The average Bonchev–Trinajstić information content (AvgIpc) is 1.87. The predicted octanol–water partition coefficient (Wildman–Crippen LogP) is -0.483. The van der Waals surface area contributed by atoms with E-state index in [1.54, 1.807) is 25.9 Å². The Balaban J connectivity index is 0. The summed E-state index contributed by atoms with van der Waals surface area (Å²) in [6.07, 6.45) is -0.265. The van der Waals surface area contributed by atoms with E-state index in [1.807, 2.05) is 0 Å². The van der Waals surface area contributed by atoms with Gasteiger partial charge in [-0.3, -0.25) is 9.69 Å². The summed E-state index contributed by atoms with van der Waals surface area (Å²) in [5, 5.41) is 10.4. The molecule has 0 aromatic heterocycles. The van der Waals surface area contributed by atoms with E-state index in [0.717, 1.165) is 0 Å². The fraction of sp³-hybridized carbons (Fsp3) is 0.667. The molecule has 0 aromatic carbocycles. The quantitative estimate of drug-likeness (QED) is 0.462. The van der Waals surface area contributed by atoms with Crippen molar-refractivity contribution < 1.29 is 14.7 Å². The fourth-order valence-corrected chi connectivity index (χ4v) is 0.381. The van der Waals surface area contributed by atoms with E-state index in [2.05, 4.69) is 5.32 Å². The molecule has 12 heavy (non-hydrogen) atoms. The second kappa shape index (κ2) is 5.79. The van der Waals surface area contributed by atoms with Crippen LogP contribution in [0, 0.1) is 0 Å². The van der Waals surface area contributed by atoms with E-state index in [9.17, 15) is 9.59 Å². The Labute approximate surface area is 77.1 Å². The molecule has 0 spiro atoms. The van der Waals surface area contributed by atoms with Crippen LogP contribution in [0.2, 0.25) is 0 Å². The van der Waals surface area contributed by atoms with Gasteiger partial charge in [0.2, 0.25) is 0 Å². The van der Waals surface area contributed by atoms with Crippen molar-refractivity contribution in [2.24, 2.45) is 0 Å². The van der Waals surface area contributed by atoms with Crippen molar-refractivity contribution >= 4 is 24.3 Å². The molecule has 0 rings (SSSR count). The molecule has 5 nitrogen and oxygen atoms in total. The van der Waals surface area contributed by atoms with Crippen molar-refractivity contribution in [2.75, 3.05) is 14.1 Å². The summed E-state index contributed by atoms with van der Waals surface area (Å²) < 4.78 is 0. The molecule has 1 atom stereocenters. The molecule has 0 aromatic rings. The van der Waals surface area contributed by atoms with Gasteiger partial charge in [0.1, 0.15) is 0 Å². The number of hydrogen-bond acceptors (Lipinski definition) is 3. The molecule has 2 N–H and O–H groups in total. The van der Waals surface area contributed by atoms with Gasteiger partial charge in [-0.25, -0.2) is 4.79 Å². The average molecular weight is 197 g/mol. The molecular formula is C6H13ClN2O3. The number of carboxylic acid groups (broad SMARTS) is 1. The molecule has 0 bridgehead atoms. The number of amides is 1. The summed E-state index contributed by atoms with van der Waals surface area (Å²) in [5.74, 6) is -2.44. The molecule has 0 heterocycles. The Hall–Kier alpha value is -0.810. The van der Waals surface area contributed by atoms with Crippen LogP contribution in [0.5, 0.6) is 0 Å². The maximum absolute atomic E-state index is 10.5. The largest absolute Gasteiger partial charge is 0.474 e. The SMILES string of the molecule is CC(NC(=O)C(=O)O)N(C)C.Cl. The molecule has 1 amide bonds. The Morgan fingerprint density at radius 3 is 2.08 bits per heavy atom. The number of carbonyl (C=O) groups excluding carboxylic acids is 1. The van der Waals surface area contributed by atoms with Crippen molar-refractivity contribution in [1.82, 2.24) is 10.2 Å². The second-order valence-electron chi connectivity index (χ2n) is 2.42. The topological polar surface area (TPSA) is 69.6 Å². The van der Waals surface area contributed by atoms with Crippen molar-refractivity contribution in [3.63, 3.8) is 0 Å². The van der Waals surface area contributed by atoms with Gasteiger partial charge in [0, 0.05) is 0 Å². The maximum Gasteiger partial charge on any atom is 0.394 e. The number of nitrogens with zero attached hydrogens (tertiary/aromatic N) is 1. The van der Waals surface area contributed by atoms with E-state index in [1.165, 1.54) is 0 Å². The van der Waals surface area contributed by atoms with Crippen LogP contribution >= 0.6 is 12.4 Å². The first kappa shape index (κ1) is 13.8. The molecule has 0 aliphatic rings. The molecule has 0 fully saturated rings. The number of aliphatic carboxylic acids is 1. The van der Waals surface area contributed by atoms with Gasteiger partial charge < -0.3 is 10.4 Å². The van der Waals surface area contributed by atoms with Crippen LogP contribution in [-0.2, 0) is 9.59 Å². The summed E-state index contributed by atoms with van der Waals surface area (Å²) in [6.45, 7) is 1.70. The van der Waals surface area contributed by atoms with Crippen LogP contribution in [-0.4, -0.2) is 42.1 Å². The summed E-state index contributed by atoms with van der Waals surface area (Å²) in [5.41, 5.74) is 0. The van der Waals surface area contributed by atoms with Crippen LogP contribution in [0.1, 0.15) is 6.92 Å². The Kier molecular flexibility index (Phi) is 6.64. The summed E-state index contributed by atoms with van der Waals surface area (Å²) in [4.78, 5) is 22.2. The van der Waals surface area contributed by atoms with Gasteiger partial charge in [-0.2, -0.15) is 0 Å². The Bertz CT molecular complexity index is 172. The van der Waals surface area contributed by atoms with Gasteiger partial charge in [0.25, 0.3) is 0 Å². The predicted molar refractivity (Wildman–Crippen MR) is 46.2 cm³/mol. The van der Waals surface area contributed by atoms with E-state index in [4.69, 9.17) is 5.11 Å². The highest BCUT2D eigenvalue weighted by Crippen LogP contribution is 1.84. The van der Waals surface area contributed by atoms with Gasteiger partial charge in [-0.15, -0.1) is 12.4 Å². The fourth-order valence-electron chi connectivity index (χ4n) is 0.381. The Morgan fingerprint density at radius 1 is 1.42 bits per heavy atom. The highest BCUT2D eigenvalue weighted by molar-refractivity contribution is 6.31. The lowest BCUT2D eigenvalue weighted by molar-refractivity contribution is -0.151. The van der Waals surface area contributed by atoms with E-state index in [0.29, 0.717) is 0 Å². The molecule has 0 saturated heterocycles. The molecule has 72 valence electrons. The normalized spacial score (nSPS) is 11.7. The van der Waals surface area contributed by atoms with Crippen molar-refractivity contribution in [3.8, 4) is 0 Å².